The van der Waals surface area contributed by atoms with Gasteiger partial charge in [-0.15, -0.1) is 12.4 Å². The molecule has 0 aliphatic carbocycles. The van der Waals surface area contributed by atoms with Crippen molar-refractivity contribution in [2.75, 3.05) is 13.1 Å². The van der Waals surface area contributed by atoms with Crippen molar-refractivity contribution in [1.29, 1.82) is 0 Å². The fraction of sp³-hybridized carbons (Fsp3) is 0.929. The van der Waals surface area contributed by atoms with E-state index in [0.717, 1.165) is 32.4 Å². The molecule has 2 N–H and O–H groups in total. The smallest absolute Gasteiger partial charge is 0.239 e. The summed E-state index contributed by atoms with van der Waals surface area (Å²) < 4.78 is 0. The number of carbonyl (C=O) groups excluding carboxylic acids is 1. The zero-order chi connectivity index (χ0) is 13.4. The van der Waals surface area contributed by atoms with E-state index in [2.05, 4.69) is 20.8 Å². The highest BCUT2D eigenvalue weighted by atomic mass is 35.5. The van der Waals surface area contributed by atoms with Crippen molar-refractivity contribution in [1.82, 2.24) is 4.90 Å². The van der Waals surface area contributed by atoms with Crippen molar-refractivity contribution in [3.8, 4) is 0 Å². The molecular weight excluding hydrogens is 248 g/mol. The van der Waals surface area contributed by atoms with Gasteiger partial charge in [-0.1, -0.05) is 47.0 Å². The summed E-state index contributed by atoms with van der Waals surface area (Å²) in [7, 11) is 0. The van der Waals surface area contributed by atoms with E-state index >= 15 is 0 Å². The molecule has 0 aromatic carbocycles. The number of hydrogen-bond acceptors (Lipinski definition) is 2. The van der Waals surface area contributed by atoms with Crippen LogP contribution in [0, 0.1) is 11.8 Å². The Morgan fingerprint density at radius 1 is 1.11 bits per heavy atom. The van der Waals surface area contributed by atoms with Crippen molar-refractivity contribution < 1.29 is 4.79 Å². The Morgan fingerprint density at radius 2 is 1.61 bits per heavy atom. The van der Waals surface area contributed by atoms with Crippen LogP contribution in [0.3, 0.4) is 0 Å². The summed E-state index contributed by atoms with van der Waals surface area (Å²) >= 11 is 0. The third kappa shape index (κ3) is 6.05. The third-order valence-corrected chi connectivity index (χ3v) is 3.87. The average molecular weight is 279 g/mol. The molecule has 4 heteroatoms. The Balaban J connectivity index is 0. The Morgan fingerprint density at radius 3 is 1.94 bits per heavy atom. The zero-order valence-corrected chi connectivity index (χ0v) is 13.4. The molecular formula is C14H31ClN2O. The van der Waals surface area contributed by atoms with E-state index in [1.54, 1.807) is 0 Å². The summed E-state index contributed by atoms with van der Waals surface area (Å²) in [5.41, 5.74) is 6.02. The minimum absolute atomic E-state index is 0. The maximum atomic E-state index is 12.2. The van der Waals surface area contributed by atoms with E-state index in [9.17, 15) is 4.79 Å². The molecule has 0 radical (unpaired) electrons. The van der Waals surface area contributed by atoms with Crippen molar-refractivity contribution in [2.24, 2.45) is 17.6 Å². The predicted molar refractivity (Wildman–Crippen MR) is 81.0 cm³/mol. The fourth-order valence-electron chi connectivity index (χ4n) is 1.94. The number of halogens is 1. The molecule has 0 saturated carbocycles. The van der Waals surface area contributed by atoms with Gasteiger partial charge in [-0.3, -0.25) is 4.79 Å². The van der Waals surface area contributed by atoms with Gasteiger partial charge in [-0.2, -0.15) is 0 Å². The topological polar surface area (TPSA) is 46.3 Å². The number of nitrogens with two attached hydrogens (primary N) is 1. The van der Waals surface area contributed by atoms with E-state index in [0.29, 0.717) is 5.92 Å². The van der Waals surface area contributed by atoms with Gasteiger partial charge in [-0.05, 0) is 18.8 Å². The minimum atomic E-state index is -0.339. The summed E-state index contributed by atoms with van der Waals surface area (Å²) in [5, 5.41) is 0. The molecule has 0 heterocycles. The lowest BCUT2D eigenvalue weighted by Gasteiger charge is -2.29. The molecule has 18 heavy (non-hydrogen) atoms. The van der Waals surface area contributed by atoms with Crippen LogP contribution in [-0.4, -0.2) is 29.9 Å². The maximum absolute atomic E-state index is 12.2. The van der Waals surface area contributed by atoms with Gasteiger partial charge in [-0.25, -0.2) is 0 Å². The average Bonchev–Trinajstić information content (AvgIpc) is 2.37. The molecule has 0 aromatic rings. The normalized spacial score (nSPS) is 13.9. The van der Waals surface area contributed by atoms with E-state index in [-0.39, 0.29) is 30.3 Å². The number of nitrogens with zero attached hydrogens (tertiary/aromatic N) is 1. The van der Waals surface area contributed by atoms with Crippen LogP contribution >= 0.6 is 12.4 Å². The summed E-state index contributed by atoms with van der Waals surface area (Å²) in [5.74, 6) is 0.982. The first-order valence-electron chi connectivity index (χ1n) is 7.05. The molecule has 0 spiro atoms. The highest BCUT2D eigenvalue weighted by molar-refractivity contribution is 5.85. The molecule has 1 amide bonds. The SMILES string of the molecule is CCC(CC)CN(CC)C(=O)C(N)C(C)CC.Cl. The van der Waals surface area contributed by atoms with E-state index < -0.39 is 0 Å². The lowest BCUT2D eigenvalue weighted by atomic mass is 9.97. The van der Waals surface area contributed by atoms with Crippen LogP contribution in [0.2, 0.25) is 0 Å². The van der Waals surface area contributed by atoms with E-state index in [1.807, 2.05) is 18.7 Å². The first-order valence-corrected chi connectivity index (χ1v) is 7.05. The number of likely N-dealkylation sites (N-methyl/N-ethyl adjacent to an activating group) is 1. The largest absolute Gasteiger partial charge is 0.341 e. The predicted octanol–water partition coefficient (Wildman–Crippen LogP) is 3.07. The van der Waals surface area contributed by atoms with Crippen LogP contribution in [0.4, 0.5) is 0 Å². The zero-order valence-electron chi connectivity index (χ0n) is 12.6. The van der Waals surface area contributed by atoms with Gasteiger partial charge < -0.3 is 10.6 Å². The number of hydrogen-bond donors (Lipinski definition) is 1. The van der Waals surface area contributed by atoms with Crippen LogP contribution in [0.1, 0.15) is 53.9 Å². The van der Waals surface area contributed by atoms with Gasteiger partial charge in [0.05, 0.1) is 6.04 Å². The van der Waals surface area contributed by atoms with Crippen LogP contribution in [0.5, 0.6) is 0 Å². The summed E-state index contributed by atoms with van der Waals surface area (Å²) in [6.07, 6.45) is 3.20. The monoisotopic (exact) mass is 278 g/mol. The van der Waals surface area contributed by atoms with Gasteiger partial charge >= 0.3 is 0 Å². The van der Waals surface area contributed by atoms with Gasteiger partial charge in [0.25, 0.3) is 0 Å². The lowest BCUT2D eigenvalue weighted by Crippen LogP contribution is -2.48. The molecule has 2 unspecified atom stereocenters. The van der Waals surface area contributed by atoms with Crippen LogP contribution in [0.15, 0.2) is 0 Å². The Bertz CT molecular complexity index is 220. The molecule has 0 aromatic heterocycles. The Kier molecular flexibility index (Phi) is 11.8. The summed E-state index contributed by atoms with van der Waals surface area (Å²) in [4.78, 5) is 14.2. The third-order valence-electron chi connectivity index (χ3n) is 3.87. The highest BCUT2D eigenvalue weighted by Crippen LogP contribution is 2.13. The van der Waals surface area contributed by atoms with Crippen LogP contribution < -0.4 is 5.73 Å². The first-order chi connectivity index (χ1) is 8.01. The Hall–Kier alpha value is -0.280. The van der Waals surface area contributed by atoms with Crippen molar-refractivity contribution >= 4 is 18.3 Å². The first kappa shape index (κ1) is 20.0. The van der Waals surface area contributed by atoms with Crippen LogP contribution in [-0.2, 0) is 4.79 Å². The second-order valence-corrected chi connectivity index (χ2v) is 4.97. The lowest BCUT2D eigenvalue weighted by molar-refractivity contribution is -0.134. The summed E-state index contributed by atoms with van der Waals surface area (Å²) in [6.45, 7) is 12.1. The quantitative estimate of drug-likeness (QED) is 0.742. The van der Waals surface area contributed by atoms with Gasteiger partial charge in [0.1, 0.15) is 0 Å². The number of amides is 1. The fourth-order valence-corrected chi connectivity index (χ4v) is 1.94. The molecule has 2 atom stereocenters. The number of rotatable bonds is 8. The second kappa shape index (κ2) is 10.6. The maximum Gasteiger partial charge on any atom is 0.239 e. The molecule has 0 saturated heterocycles. The van der Waals surface area contributed by atoms with E-state index in [1.165, 1.54) is 0 Å². The molecule has 0 aliphatic heterocycles. The van der Waals surface area contributed by atoms with E-state index in [4.69, 9.17) is 5.73 Å². The Labute approximate surface area is 119 Å². The molecule has 0 aliphatic rings. The standard InChI is InChI=1S/C14H30N2O.ClH/c1-6-11(5)13(15)14(17)16(9-4)10-12(7-2)8-3;/h11-13H,6-10,15H2,1-5H3;1H. The molecule has 3 nitrogen and oxygen atoms in total. The van der Waals surface area contributed by atoms with Crippen molar-refractivity contribution in [2.45, 2.75) is 59.9 Å². The molecule has 0 fully saturated rings. The minimum Gasteiger partial charge on any atom is -0.341 e. The van der Waals surface area contributed by atoms with Gasteiger partial charge in [0.15, 0.2) is 0 Å². The second-order valence-electron chi connectivity index (χ2n) is 4.97. The molecule has 110 valence electrons. The van der Waals surface area contributed by atoms with Crippen molar-refractivity contribution in [3.63, 3.8) is 0 Å². The van der Waals surface area contributed by atoms with Crippen LogP contribution in [0.25, 0.3) is 0 Å². The highest BCUT2D eigenvalue weighted by Gasteiger charge is 2.25. The van der Waals surface area contributed by atoms with Gasteiger partial charge in [0.2, 0.25) is 5.91 Å². The molecule has 0 rings (SSSR count). The molecule has 0 bridgehead atoms. The number of carbonyl (C=O) groups is 1. The van der Waals surface area contributed by atoms with Crippen molar-refractivity contribution in [3.05, 3.63) is 0 Å². The van der Waals surface area contributed by atoms with Gasteiger partial charge in [0, 0.05) is 13.1 Å². The summed E-state index contributed by atoms with van der Waals surface area (Å²) in [6, 6.07) is -0.339.